The predicted octanol–water partition coefficient (Wildman–Crippen LogP) is 3.32. The van der Waals surface area contributed by atoms with E-state index in [2.05, 4.69) is 4.98 Å². The number of fused-ring (bicyclic) bond motifs is 1. The van der Waals surface area contributed by atoms with Crippen molar-refractivity contribution in [2.24, 2.45) is 0 Å². The predicted molar refractivity (Wildman–Crippen MR) is 113 cm³/mol. The number of rotatable bonds is 5. The number of hydrogen-bond acceptors (Lipinski definition) is 4. The summed E-state index contributed by atoms with van der Waals surface area (Å²) in [7, 11) is 1.59. The van der Waals surface area contributed by atoms with Gasteiger partial charge in [-0.05, 0) is 47.5 Å². The van der Waals surface area contributed by atoms with Crippen LogP contribution in [0.2, 0.25) is 5.02 Å². The van der Waals surface area contributed by atoms with Crippen LogP contribution >= 0.6 is 11.6 Å². The number of ether oxygens (including phenoxy) is 1. The second-order valence-corrected chi connectivity index (χ2v) is 7.05. The quantitative estimate of drug-likeness (QED) is 0.509. The molecule has 0 radical (unpaired) electrons. The molecule has 2 heterocycles. The van der Waals surface area contributed by atoms with Crippen LogP contribution in [0.25, 0.3) is 11.0 Å². The van der Waals surface area contributed by atoms with Crippen molar-refractivity contribution < 1.29 is 4.74 Å². The lowest BCUT2D eigenvalue weighted by molar-refractivity contribution is 0.414. The van der Waals surface area contributed by atoms with Crippen molar-refractivity contribution in [2.75, 3.05) is 7.11 Å². The molecular weight excluding hydrogens is 390 g/mol. The monoisotopic (exact) mass is 407 g/mol. The van der Waals surface area contributed by atoms with Gasteiger partial charge in [0.05, 0.1) is 25.6 Å². The molecule has 146 valence electrons. The van der Waals surface area contributed by atoms with Crippen LogP contribution in [0.5, 0.6) is 5.75 Å². The van der Waals surface area contributed by atoms with E-state index in [4.69, 9.17) is 16.3 Å². The maximum Gasteiger partial charge on any atom is 0.333 e. The van der Waals surface area contributed by atoms with Gasteiger partial charge in [0.25, 0.3) is 5.56 Å². The summed E-state index contributed by atoms with van der Waals surface area (Å²) >= 11 is 5.96. The number of pyridine rings is 1. The van der Waals surface area contributed by atoms with E-state index in [0.717, 1.165) is 11.1 Å². The zero-order valence-electron chi connectivity index (χ0n) is 15.7. The van der Waals surface area contributed by atoms with Gasteiger partial charge >= 0.3 is 5.69 Å². The molecule has 0 aliphatic heterocycles. The fourth-order valence-corrected chi connectivity index (χ4v) is 3.34. The summed E-state index contributed by atoms with van der Waals surface area (Å²) in [5, 5.41) is 1.02. The third kappa shape index (κ3) is 3.79. The second-order valence-electron chi connectivity index (χ2n) is 6.61. The first kappa shape index (κ1) is 19.0. The van der Waals surface area contributed by atoms with Gasteiger partial charge in [-0.25, -0.2) is 9.78 Å². The van der Waals surface area contributed by atoms with Gasteiger partial charge in [0.15, 0.2) is 0 Å². The Labute approximate surface area is 171 Å². The van der Waals surface area contributed by atoms with Crippen LogP contribution in [0.1, 0.15) is 11.1 Å². The second kappa shape index (κ2) is 7.93. The molecule has 0 amide bonds. The molecule has 0 atom stereocenters. The molecule has 0 unspecified atom stereocenters. The summed E-state index contributed by atoms with van der Waals surface area (Å²) in [5.41, 5.74) is 1.31. The molecule has 2 aromatic carbocycles. The summed E-state index contributed by atoms with van der Waals surface area (Å²) in [6, 6.07) is 17.9. The zero-order chi connectivity index (χ0) is 20.4. The molecule has 7 heteroatoms. The number of aromatic nitrogens is 3. The average Bonchev–Trinajstić information content (AvgIpc) is 2.76. The van der Waals surface area contributed by atoms with E-state index in [0.29, 0.717) is 21.8 Å². The van der Waals surface area contributed by atoms with E-state index in [1.807, 2.05) is 24.3 Å². The number of methoxy groups -OCH3 is 1. The largest absolute Gasteiger partial charge is 0.497 e. The van der Waals surface area contributed by atoms with Crippen molar-refractivity contribution in [3.05, 3.63) is 104 Å². The molecule has 0 fully saturated rings. The average molecular weight is 408 g/mol. The molecule has 6 nitrogen and oxygen atoms in total. The van der Waals surface area contributed by atoms with Crippen LogP contribution in [-0.4, -0.2) is 21.2 Å². The Morgan fingerprint density at radius 1 is 0.897 bits per heavy atom. The number of benzene rings is 2. The Hall–Kier alpha value is -3.38. The minimum Gasteiger partial charge on any atom is -0.497 e. The molecule has 2 aromatic heterocycles. The Morgan fingerprint density at radius 2 is 1.52 bits per heavy atom. The van der Waals surface area contributed by atoms with Crippen LogP contribution in [0.15, 0.2) is 76.4 Å². The van der Waals surface area contributed by atoms with E-state index in [1.165, 1.54) is 9.13 Å². The topological polar surface area (TPSA) is 66.1 Å². The highest BCUT2D eigenvalue weighted by Gasteiger charge is 2.14. The summed E-state index contributed by atoms with van der Waals surface area (Å²) in [6.45, 7) is 0.444. The van der Waals surface area contributed by atoms with Crippen molar-refractivity contribution in [1.82, 2.24) is 14.1 Å². The van der Waals surface area contributed by atoms with Gasteiger partial charge < -0.3 is 4.74 Å². The van der Waals surface area contributed by atoms with Gasteiger partial charge in [0.1, 0.15) is 11.4 Å². The van der Waals surface area contributed by atoms with E-state index in [-0.39, 0.29) is 18.6 Å². The minimum atomic E-state index is -0.410. The van der Waals surface area contributed by atoms with Gasteiger partial charge in [-0.1, -0.05) is 35.9 Å². The lowest BCUT2D eigenvalue weighted by Gasteiger charge is -2.14. The van der Waals surface area contributed by atoms with E-state index in [1.54, 1.807) is 49.7 Å². The van der Waals surface area contributed by atoms with Crippen molar-refractivity contribution >= 4 is 22.6 Å². The molecule has 4 aromatic rings. The smallest absolute Gasteiger partial charge is 0.333 e. The standard InChI is InChI=1S/C22H18ClN3O3/c1-29-18-10-6-16(7-11-18)14-26-21(27)19-3-2-12-24-20(19)25(22(26)28)13-15-4-8-17(23)9-5-15/h2-12H,13-14H2,1H3. The van der Waals surface area contributed by atoms with Gasteiger partial charge in [-0.15, -0.1) is 0 Å². The Bertz CT molecular complexity index is 1280. The summed E-state index contributed by atoms with van der Waals surface area (Å²) < 4.78 is 7.92. The van der Waals surface area contributed by atoms with Gasteiger partial charge in [-0.2, -0.15) is 0 Å². The fraction of sp³-hybridized carbons (Fsp3) is 0.136. The minimum absolute atomic E-state index is 0.160. The Kier molecular flexibility index (Phi) is 5.18. The van der Waals surface area contributed by atoms with Crippen molar-refractivity contribution in [1.29, 1.82) is 0 Å². The lowest BCUT2D eigenvalue weighted by Crippen LogP contribution is -2.40. The highest BCUT2D eigenvalue weighted by molar-refractivity contribution is 6.30. The molecule has 0 aliphatic carbocycles. The molecular formula is C22H18ClN3O3. The van der Waals surface area contributed by atoms with Crippen LogP contribution in [-0.2, 0) is 13.1 Å². The number of hydrogen-bond donors (Lipinski definition) is 0. The van der Waals surface area contributed by atoms with Crippen LogP contribution in [0, 0.1) is 0 Å². The van der Waals surface area contributed by atoms with E-state index in [9.17, 15) is 9.59 Å². The molecule has 0 bridgehead atoms. The summed E-state index contributed by atoms with van der Waals surface area (Å²) in [6.07, 6.45) is 1.58. The molecule has 29 heavy (non-hydrogen) atoms. The van der Waals surface area contributed by atoms with Crippen molar-refractivity contribution in [2.45, 2.75) is 13.1 Å². The van der Waals surface area contributed by atoms with Crippen molar-refractivity contribution in [3.8, 4) is 5.75 Å². The maximum absolute atomic E-state index is 13.2. The summed E-state index contributed by atoms with van der Waals surface area (Å²) in [5.74, 6) is 0.712. The molecule has 4 rings (SSSR count). The first-order valence-corrected chi connectivity index (χ1v) is 9.40. The normalized spacial score (nSPS) is 11.0. The maximum atomic E-state index is 13.2. The van der Waals surface area contributed by atoms with Gasteiger partial charge in [0.2, 0.25) is 0 Å². The van der Waals surface area contributed by atoms with Crippen molar-refractivity contribution in [3.63, 3.8) is 0 Å². The van der Waals surface area contributed by atoms with E-state index >= 15 is 0 Å². The third-order valence-electron chi connectivity index (χ3n) is 4.73. The highest BCUT2D eigenvalue weighted by atomic mass is 35.5. The third-order valence-corrected chi connectivity index (χ3v) is 4.99. The molecule has 0 saturated carbocycles. The van der Waals surface area contributed by atoms with Gasteiger partial charge in [-0.3, -0.25) is 13.9 Å². The van der Waals surface area contributed by atoms with Crippen LogP contribution < -0.4 is 16.0 Å². The summed E-state index contributed by atoms with van der Waals surface area (Å²) in [4.78, 5) is 30.5. The fourth-order valence-electron chi connectivity index (χ4n) is 3.22. The molecule has 0 aliphatic rings. The SMILES string of the molecule is COc1ccc(Cn2c(=O)c3cccnc3n(Cc3ccc(Cl)cc3)c2=O)cc1. The highest BCUT2D eigenvalue weighted by Crippen LogP contribution is 2.14. The molecule has 0 N–H and O–H groups in total. The van der Waals surface area contributed by atoms with Crippen LogP contribution in [0.4, 0.5) is 0 Å². The molecule has 0 saturated heterocycles. The van der Waals surface area contributed by atoms with Gasteiger partial charge in [0, 0.05) is 11.2 Å². The van der Waals surface area contributed by atoms with Crippen LogP contribution in [0.3, 0.4) is 0 Å². The van der Waals surface area contributed by atoms with E-state index < -0.39 is 5.69 Å². The number of halogens is 1. The number of nitrogens with zero attached hydrogens (tertiary/aromatic N) is 3. The first-order valence-electron chi connectivity index (χ1n) is 9.02. The molecule has 0 spiro atoms. The Morgan fingerprint density at radius 3 is 2.17 bits per heavy atom. The Balaban J connectivity index is 1.84. The zero-order valence-corrected chi connectivity index (χ0v) is 16.5. The lowest BCUT2D eigenvalue weighted by atomic mass is 10.2. The first-order chi connectivity index (χ1) is 14.1.